The maximum Gasteiger partial charge on any atom is 0.253 e. The lowest BCUT2D eigenvalue weighted by Gasteiger charge is -2.20. The van der Waals surface area contributed by atoms with Gasteiger partial charge < -0.3 is 10.6 Å². The van der Waals surface area contributed by atoms with E-state index in [0.717, 1.165) is 24.7 Å². The smallest absolute Gasteiger partial charge is 0.253 e. The molecule has 27 heavy (non-hydrogen) atoms. The normalized spacial score (nSPS) is 22.4. The second kappa shape index (κ2) is 7.83. The summed E-state index contributed by atoms with van der Waals surface area (Å²) in [6, 6.07) is 19.2. The summed E-state index contributed by atoms with van der Waals surface area (Å²) in [7, 11) is 0. The summed E-state index contributed by atoms with van der Waals surface area (Å²) in [5.74, 6) is 0.302. The van der Waals surface area contributed by atoms with Crippen LogP contribution in [-0.4, -0.2) is 47.4 Å². The summed E-state index contributed by atoms with van der Waals surface area (Å²) in [6.45, 7) is 5.58. The molecule has 142 valence electrons. The van der Waals surface area contributed by atoms with Crippen LogP contribution in [0.25, 0.3) is 0 Å². The minimum absolute atomic E-state index is 0.00715. The Morgan fingerprint density at radius 3 is 2.41 bits per heavy atom. The first-order chi connectivity index (χ1) is 13.2. The van der Waals surface area contributed by atoms with Crippen molar-refractivity contribution >= 4 is 5.91 Å². The highest BCUT2D eigenvalue weighted by Crippen LogP contribution is 2.29. The summed E-state index contributed by atoms with van der Waals surface area (Å²) >= 11 is 0. The zero-order valence-corrected chi connectivity index (χ0v) is 16.1. The third-order valence-corrected chi connectivity index (χ3v) is 5.94. The van der Waals surface area contributed by atoms with Gasteiger partial charge in [-0.15, -0.1) is 0 Å². The summed E-state index contributed by atoms with van der Waals surface area (Å²) in [4.78, 5) is 17.4. The fraction of sp³-hybridized carbons (Fsp3) is 0.435. The largest absolute Gasteiger partial charge is 0.336 e. The Kier molecular flexibility index (Phi) is 5.28. The molecule has 0 radical (unpaired) electrons. The highest BCUT2D eigenvalue weighted by molar-refractivity contribution is 5.94. The van der Waals surface area contributed by atoms with Gasteiger partial charge in [0.2, 0.25) is 0 Å². The average molecular weight is 364 g/mol. The molecule has 0 bridgehead atoms. The maximum absolute atomic E-state index is 12.9. The van der Waals surface area contributed by atoms with Gasteiger partial charge in [0.05, 0.1) is 0 Å². The molecule has 0 spiro atoms. The fourth-order valence-corrected chi connectivity index (χ4v) is 4.16. The van der Waals surface area contributed by atoms with E-state index in [4.69, 9.17) is 5.73 Å². The number of amides is 1. The van der Waals surface area contributed by atoms with Crippen LogP contribution in [0.1, 0.15) is 47.2 Å². The molecule has 1 aliphatic heterocycles. The maximum atomic E-state index is 12.9. The monoisotopic (exact) mass is 363 g/mol. The highest BCUT2D eigenvalue weighted by atomic mass is 16.2. The van der Waals surface area contributed by atoms with Crippen LogP contribution in [0, 0.1) is 0 Å². The van der Waals surface area contributed by atoms with Crippen LogP contribution in [0.5, 0.6) is 0 Å². The van der Waals surface area contributed by atoms with E-state index in [9.17, 15) is 4.79 Å². The van der Waals surface area contributed by atoms with Gasteiger partial charge in [0.25, 0.3) is 5.91 Å². The molecule has 2 N–H and O–H groups in total. The molecule has 2 fully saturated rings. The van der Waals surface area contributed by atoms with Crippen LogP contribution in [0.2, 0.25) is 0 Å². The molecule has 2 aliphatic rings. The second-order valence-electron chi connectivity index (χ2n) is 7.88. The van der Waals surface area contributed by atoms with Crippen molar-refractivity contribution in [3.05, 3.63) is 71.3 Å². The van der Waals surface area contributed by atoms with E-state index in [2.05, 4.69) is 36.1 Å². The van der Waals surface area contributed by atoms with Crippen LogP contribution < -0.4 is 5.73 Å². The number of benzene rings is 2. The third kappa shape index (κ3) is 4.07. The lowest BCUT2D eigenvalue weighted by atomic mass is 9.95. The first kappa shape index (κ1) is 18.2. The fourth-order valence-electron chi connectivity index (χ4n) is 4.16. The van der Waals surface area contributed by atoms with Crippen molar-refractivity contribution in [2.75, 3.05) is 19.6 Å². The quantitative estimate of drug-likeness (QED) is 0.857. The van der Waals surface area contributed by atoms with Crippen molar-refractivity contribution in [3.63, 3.8) is 0 Å². The van der Waals surface area contributed by atoms with E-state index < -0.39 is 0 Å². The number of rotatable bonds is 6. The number of hydrogen-bond donors (Lipinski definition) is 1. The van der Waals surface area contributed by atoms with Gasteiger partial charge in [0.1, 0.15) is 0 Å². The zero-order valence-electron chi connectivity index (χ0n) is 16.1. The van der Waals surface area contributed by atoms with Crippen molar-refractivity contribution < 1.29 is 4.79 Å². The van der Waals surface area contributed by atoms with E-state index in [0.29, 0.717) is 13.1 Å². The lowest BCUT2D eigenvalue weighted by molar-refractivity contribution is 0.0789. The predicted octanol–water partition coefficient (Wildman–Crippen LogP) is 3.24. The minimum Gasteiger partial charge on any atom is -0.336 e. The molecule has 0 aromatic heterocycles. The van der Waals surface area contributed by atoms with Crippen LogP contribution in [0.15, 0.2) is 54.6 Å². The van der Waals surface area contributed by atoms with Crippen molar-refractivity contribution in [3.8, 4) is 0 Å². The minimum atomic E-state index is -0.00715. The van der Waals surface area contributed by atoms with E-state index in [1.807, 2.05) is 35.2 Å². The number of hydrogen-bond acceptors (Lipinski definition) is 3. The second-order valence-corrected chi connectivity index (χ2v) is 7.88. The summed E-state index contributed by atoms with van der Waals surface area (Å²) < 4.78 is 0. The zero-order chi connectivity index (χ0) is 18.8. The molecule has 1 saturated heterocycles. The molecule has 0 unspecified atom stereocenters. The molecule has 4 heteroatoms. The molecule has 1 aliphatic carbocycles. The number of nitrogens with two attached hydrogens (primary N) is 1. The SMILES string of the molecule is CCN(Cc1ccc(C(=O)N2C[C@@H](N)[C@H](c3ccccc3)C2)cc1)C1CC1. The molecule has 4 nitrogen and oxygen atoms in total. The number of carbonyl (C=O) groups is 1. The Balaban J connectivity index is 1.40. The first-order valence-corrected chi connectivity index (χ1v) is 10.1. The first-order valence-electron chi connectivity index (χ1n) is 10.1. The van der Waals surface area contributed by atoms with Gasteiger partial charge in [0, 0.05) is 43.2 Å². The molecule has 4 rings (SSSR count). The van der Waals surface area contributed by atoms with Crippen LogP contribution in [0.3, 0.4) is 0 Å². The van der Waals surface area contributed by atoms with Crippen LogP contribution in [-0.2, 0) is 6.54 Å². The van der Waals surface area contributed by atoms with Gasteiger partial charge in [-0.05, 0) is 42.6 Å². The summed E-state index contributed by atoms with van der Waals surface area (Å²) in [5, 5.41) is 0. The lowest BCUT2D eigenvalue weighted by Crippen LogP contribution is -2.32. The van der Waals surface area contributed by atoms with Gasteiger partial charge in [-0.25, -0.2) is 0 Å². The van der Waals surface area contributed by atoms with Crippen molar-refractivity contribution in [2.45, 2.75) is 44.3 Å². The topological polar surface area (TPSA) is 49.6 Å². The molecule has 1 amide bonds. The van der Waals surface area contributed by atoms with Crippen molar-refractivity contribution in [2.24, 2.45) is 5.73 Å². The van der Waals surface area contributed by atoms with Gasteiger partial charge in [-0.3, -0.25) is 9.69 Å². The average Bonchev–Trinajstić information content (AvgIpc) is 3.48. The molecular formula is C23H29N3O. The van der Waals surface area contributed by atoms with E-state index in [1.165, 1.54) is 24.0 Å². The van der Waals surface area contributed by atoms with Gasteiger partial charge in [0.15, 0.2) is 0 Å². The Morgan fingerprint density at radius 2 is 1.78 bits per heavy atom. The number of carbonyl (C=O) groups excluding carboxylic acids is 1. The van der Waals surface area contributed by atoms with Crippen molar-refractivity contribution in [1.29, 1.82) is 0 Å². The van der Waals surface area contributed by atoms with Crippen molar-refractivity contribution in [1.82, 2.24) is 9.80 Å². The molecule has 2 aromatic carbocycles. The van der Waals surface area contributed by atoms with Gasteiger partial charge >= 0.3 is 0 Å². The number of nitrogens with zero attached hydrogens (tertiary/aromatic N) is 2. The molecule has 2 aromatic rings. The van der Waals surface area contributed by atoms with E-state index in [1.54, 1.807) is 0 Å². The molecule has 1 saturated carbocycles. The molecular weight excluding hydrogens is 334 g/mol. The third-order valence-electron chi connectivity index (χ3n) is 5.94. The van der Waals surface area contributed by atoms with Crippen LogP contribution >= 0.6 is 0 Å². The summed E-state index contributed by atoms with van der Waals surface area (Å²) in [5.41, 5.74) is 9.60. The summed E-state index contributed by atoms with van der Waals surface area (Å²) in [6.07, 6.45) is 2.64. The van der Waals surface area contributed by atoms with Gasteiger partial charge in [-0.1, -0.05) is 49.4 Å². The standard InChI is InChI=1S/C23H29N3O/c1-2-25(20-12-13-20)14-17-8-10-19(11-9-17)23(27)26-15-21(22(24)16-26)18-6-4-3-5-7-18/h3-11,20-22H,2,12-16,24H2,1H3/t21-,22+/m0/s1. The van der Waals surface area contributed by atoms with E-state index in [-0.39, 0.29) is 17.9 Å². The Hall–Kier alpha value is -2.17. The van der Waals surface area contributed by atoms with E-state index >= 15 is 0 Å². The Morgan fingerprint density at radius 1 is 1.07 bits per heavy atom. The predicted molar refractivity (Wildman–Crippen MR) is 109 cm³/mol. The number of likely N-dealkylation sites (tertiary alicyclic amines) is 1. The molecule has 1 heterocycles. The van der Waals surface area contributed by atoms with Gasteiger partial charge in [-0.2, -0.15) is 0 Å². The Labute approximate surface area is 162 Å². The highest BCUT2D eigenvalue weighted by Gasteiger charge is 2.34. The van der Waals surface area contributed by atoms with Crippen LogP contribution in [0.4, 0.5) is 0 Å². The molecule has 2 atom stereocenters. The Bertz CT molecular complexity index is 770.